The minimum Gasteiger partial charge on any atom is -0.372 e. The van der Waals surface area contributed by atoms with E-state index >= 15 is 0 Å². The van der Waals surface area contributed by atoms with Gasteiger partial charge in [-0.15, -0.1) is 0 Å². The molecule has 0 radical (unpaired) electrons. The molecule has 124 valence electrons. The molecule has 0 bridgehead atoms. The molecule has 1 N–H and O–H groups in total. The minimum atomic E-state index is -0.0214. The van der Waals surface area contributed by atoms with Crippen molar-refractivity contribution >= 4 is 5.91 Å². The highest BCUT2D eigenvalue weighted by molar-refractivity contribution is 5.93. The Morgan fingerprint density at radius 2 is 2.04 bits per heavy atom. The van der Waals surface area contributed by atoms with Gasteiger partial charge in [0.25, 0.3) is 5.91 Å². The van der Waals surface area contributed by atoms with Gasteiger partial charge in [-0.1, -0.05) is 0 Å². The van der Waals surface area contributed by atoms with Crippen molar-refractivity contribution in [3.8, 4) is 0 Å². The van der Waals surface area contributed by atoms with Gasteiger partial charge in [-0.05, 0) is 49.7 Å². The van der Waals surface area contributed by atoms with Gasteiger partial charge >= 0.3 is 0 Å². The van der Waals surface area contributed by atoms with Crippen LogP contribution in [0.5, 0.6) is 0 Å². The second kappa shape index (κ2) is 6.21. The predicted octanol–water partition coefficient (Wildman–Crippen LogP) is 1.70. The van der Waals surface area contributed by atoms with Gasteiger partial charge in [-0.2, -0.15) is 0 Å². The Morgan fingerprint density at radius 1 is 1.26 bits per heavy atom. The van der Waals surface area contributed by atoms with Gasteiger partial charge in [0.2, 0.25) is 0 Å². The van der Waals surface area contributed by atoms with Gasteiger partial charge in [0.1, 0.15) is 0 Å². The fourth-order valence-electron chi connectivity index (χ4n) is 3.73. The maximum Gasteiger partial charge on any atom is 0.251 e. The van der Waals surface area contributed by atoms with Crippen LogP contribution in [0.2, 0.25) is 0 Å². The summed E-state index contributed by atoms with van der Waals surface area (Å²) in [5.41, 5.74) is 0.795. The number of rotatable bonds is 5. The number of hydrogen-bond acceptors (Lipinski definition) is 4. The number of ether oxygens (including phenoxy) is 1. The van der Waals surface area contributed by atoms with E-state index in [1.807, 2.05) is 0 Å². The first-order valence-corrected chi connectivity index (χ1v) is 8.77. The average Bonchev–Trinajstić information content (AvgIpc) is 3.37. The van der Waals surface area contributed by atoms with E-state index in [1.54, 1.807) is 24.5 Å². The number of nitrogens with one attached hydrogen (secondary N) is 1. The largest absolute Gasteiger partial charge is 0.372 e. The highest BCUT2D eigenvalue weighted by Crippen LogP contribution is 2.39. The van der Waals surface area contributed by atoms with Crippen molar-refractivity contribution in [1.82, 2.24) is 15.2 Å². The van der Waals surface area contributed by atoms with Crippen LogP contribution in [0, 0.1) is 11.8 Å². The number of hydrogen-bond donors (Lipinski definition) is 1. The second-order valence-corrected chi connectivity index (χ2v) is 7.46. The van der Waals surface area contributed by atoms with E-state index in [0.29, 0.717) is 18.0 Å². The van der Waals surface area contributed by atoms with Crippen molar-refractivity contribution < 1.29 is 9.53 Å². The highest BCUT2D eigenvalue weighted by atomic mass is 16.5. The molecule has 1 aliphatic carbocycles. The van der Waals surface area contributed by atoms with Crippen LogP contribution >= 0.6 is 0 Å². The van der Waals surface area contributed by atoms with Crippen LogP contribution in [-0.2, 0) is 4.74 Å². The SMILES string of the molecule is O=C(NC[C@@H]1CCC2(CN(CC3CC3)C2)OC1)c1ccncc1. The summed E-state index contributed by atoms with van der Waals surface area (Å²) in [6.07, 6.45) is 8.41. The zero-order chi connectivity index (χ0) is 15.7. The summed E-state index contributed by atoms with van der Waals surface area (Å²) in [4.78, 5) is 18.5. The molecule has 3 heterocycles. The fourth-order valence-corrected chi connectivity index (χ4v) is 3.73. The van der Waals surface area contributed by atoms with E-state index in [-0.39, 0.29) is 11.5 Å². The normalized spacial score (nSPS) is 26.7. The molecule has 0 aromatic carbocycles. The summed E-state index contributed by atoms with van der Waals surface area (Å²) < 4.78 is 6.18. The van der Waals surface area contributed by atoms with Crippen LogP contribution in [0.25, 0.3) is 0 Å². The average molecular weight is 315 g/mol. The molecule has 4 rings (SSSR count). The Kier molecular flexibility index (Phi) is 4.07. The van der Waals surface area contributed by atoms with Gasteiger partial charge in [-0.25, -0.2) is 0 Å². The number of carbonyl (C=O) groups is 1. The Morgan fingerprint density at radius 3 is 2.70 bits per heavy atom. The van der Waals surface area contributed by atoms with Gasteiger partial charge < -0.3 is 10.1 Å². The number of nitrogens with zero attached hydrogens (tertiary/aromatic N) is 2. The van der Waals surface area contributed by atoms with E-state index < -0.39 is 0 Å². The predicted molar refractivity (Wildman–Crippen MR) is 87.1 cm³/mol. The minimum absolute atomic E-state index is 0.0214. The van der Waals surface area contributed by atoms with E-state index in [9.17, 15) is 4.79 Å². The van der Waals surface area contributed by atoms with Crippen molar-refractivity contribution in [3.05, 3.63) is 30.1 Å². The molecule has 3 fully saturated rings. The molecular formula is C18H25N3O2. The number of likely N-dealkylation sites (tertiary alicyclic amines) is 1. The van der Waals surface area contributed by atoms with Crippen molar-refractivity contribution in [1.29, 1.82) is 0 Å². The molecule has 1 saturated carbocycles. The molecule has 0 unspecified atom stereocenters. The monoisotopic (exact) mass is 315 g/mol. The lowest BCUT2D eigenvalue weighted by Crippen LogP contribution is -2.65. The number of amides is 1. The van der Waals surface area contributed by atoms with E-state index in [0.717, 1.165) is 38.5 Å². The summed E-state index contributed by atoms with van der Waals surface area (Å²) >= 11 is 0. The fraction of sp³-hybridized carbons (Fsp3) is 0.667. The van der Waals surface area contributed by atoms with Crippen molar-refractivity contribution in [2.45, 2.75) is 31.3 Å². The lowest BCUT2D eigenvalue weighted by molar-refractivity contribution is -0.179. The lowest BCUT2D eigenvalue weighted by Gasteiger charge is -2.53. The molecule has 3 aliphatic rings. The Hall–Kier alpha value is -1.46. The first kappa shape index (κ1) is 15.1. The van der Waals surface area contributed by atoms with E-state index in [2.05, 4.69) is 15.2 Å². The summed E-state index contributed by atoms with van der Waals surface area (Å²) in [5.74, 6) is 1.38. The zero-order valence-electron chi connectivity index (χ0n) is 13.5. The van der Waals surface area contributed by atoms with Crippen LogP contribution in [0.1, 0.15) is 36.0 Å². The first-order chi connectivity index (χ1) is 11.2. The molecule has 1 amide bonds. The number of carbonyl (C=O) groups excluding carboxylic acids is 1. The molecule has 1 spiro atoms. The molecule has 2 aliphatic heterocycles. The first-order valence-electron chi connectivity index (χ1n) is 8.77. The molecule has 2 saturated heterocycles. The number of aromatic nitrogens is 1. The van der Waals surface area contributed by atoms with E-state index in [4.69, 9.17) is 4.74 Å². The summed E-state index contributed by atoms with van der Waals surface area (Å²) in [6, 6.07) is 3.48. The third-order valence-corrected chi connectivity index (χ3v) is 5.36. The maximum absolute atomic E-state index is 12.0. The van der Waals surface area contributed by atoms with Crippen LogP contribution in [0.4, 0.5) is 0 Å². The van der Waals surface area contributed by atoms with Crippen LogP contribution < -0.4 is 5.32 Å². The van der Waals surface area contributed by atoms with Crippen LogP contribution in [-0.4, -0.2) is 54.2 Å². The smallest absolute Gasteiger partial charge is 0.251 e. The maximum atomic E-state index is 12.0. The Bertz CT molecular complexity index is 543. The molecule has 1 atom stereocenters. The van der Waals surface area contributed by atoms with Gasteiger partial charge in [0.15, 0.2) is 0 Å². The standard InChI is InChI=1S/C18H25N3O2/c22-17(16-4-7-19-8-5-16)20-9-15-3-6-18(23-11-15)12-21(13-18)10-14-1-2-14/h4-5,7-8,14-15H,1-3,6,9-13H2,(H,20,22)/t15-/m0/s1. The molecule has 1 aromatic heterocycles. The lowest BCUT2D eigenvalue weighted by atomic mass is 9.83. The Balaban J connectivity index is 1.18. The third kappa shape index (κ3) is 3.56. The summed E-state index contributed by atoms with van der Waals surface area (Å²) in [7, 11) is 0. The molecule has 1 aromatic rings. The van der Waals surface area contributed by atoms with Crippen molar-refractivity contribution in [2.75, 3.05) is 32.8 Å². The third-order valence-electron chi connectivity index (χ3n) is 5.36. The van der Waals surface area contributed by atoms with Gasteiger partial charge in [0.05, 0.1) is 12.2 Å². The summed E-state index contributed by atoms with van der Waals surface area (Å²) in [5, 5.41) is 3.02. The van der Waals surface area contributed by atoms with Crippen LogP contribution in [0.3, 0.4) is 0 Å². The molecule has 5 heteroatoms. The molecule has 23 heavy (non-hydrogen) atoms. The molecular weight excluding hydrogens is 290 g/mol. The second-order valence-electron chi connectivity index (χ2n) is 7.46. The zero-order valence-corrected chi connectivity index (χ0v) is 13.5. The van der Waals surface area contributed by atoms with Crippen molar-refractivity contribution in [2.24, 2.45) is 11.8 Å². The highest BCUT2D eigenvalue weighted by Gasteiger charge is 2.47. The van der Waals surface area contributed by atoms with Crippen LogP contribution in [0.15, 0.2) is 24.5 Å². The van der Waals surface area contributed by atoms with Crippen molar-refractivity contribution in [3.63, 3.8) is 0 Å². The van der Waals surface area contributed by atoms with Gasteiger partial charge in [-0.3, -0.25) is 14.7 Å². The quantitative estimate of drug-likeness (QED) is 0.898. The Labute approximate surface area is 137 Å². The molecule has 5 nitrogen and oxygen atoms in total. The van der Waals surface area contributed by atoms with Gasteiger partial charge in [0, 0.05) is 44.1 Å². The summed E-state index contributed by atoms with van der Waals surface area (Å²) in [6.45, 7) is 4.96. The van der Waals surface area contributed by atoms with E-state index in [1.165, 1.54) is 19.4 Å². The number of pyridine rings is 1. The topological polar surface area (TPSA) is 54.5 Å².